The molecule has 0 unspecified atom stereocenters. The first-order chi connectivity index (χ1) is 9.75. The van der Waals surface area contributed by atoms with Gasteiger partial charge in [0.25, 0.3) is 5.69 Å². The number of anilines is 1. The largest absolute Gasteiger partial charge is 0.439 e. The predicted octanol–water partition coefficient (Wildman–Crippen LogP) is 3.38. The first-order valence-electron chi connectivity index (χ1n) is 5.53. The molecule has 1 heterocycles. The normalized spacial score (nSPS) is 11.2. The molecule has 0 aliphatic rings. The number of ether oxygens (including phenoxy) is 1. The van der Waals surface area contributed by atoms with E-state index in [1.807, 2.05) is 0 Å². The fraction of sp³-hybridized carbons (Fsp3) is 0.0833. The smallest absolute Gasteiger partial charge is 0.416 e. The first-order valence-corrected chi connectivity index (χ1v) is 5.53. The minimum absolute atomic E-state index is 0.0513. The fourth-order valence-corrected chi connectivity index (χ4v) is 1.50. The van der Waals surface area contributed by atoms with Crippen LogP contribution in [0.25, 0.3) is 0 Å². The van der Waals surface area contributed by atoms with E-state index in [0.717, 1.165) is 36.4 Å². The Morgan fingerprint density at radius 3 is 2.33 bits per heavy atom. The van der Waals surface area contributed by atoms with Crippen molar-refractivity contribution in [2.75, 3.05) is 5.73 Å². The van der Waals surface area contributed by atoms with Gasteiger partial charge in [-0.2, -0.15) is 18.2 Å². The maximum Gasteiger partial charge on any atom is 0.416 e. The quantitative estimate of drug-likeness (QED) is 0.693. The van der Waals surface area contributed by atoms with Gasteiger partial charge < -0.3 is 10.5 Å². The summed E-state index contributed by atoms with van der Waals surface area (Å²) in [6, 6.07) is 5.89. The van der Waals surface area contributed by atoms with Gasteiger partial charge in [0.1, 0.15) is 11.6 Å². The third-order valence-corrected chi connectivity index (χ3v) is 2.42. The Morgan fingerprint density at radius 2 is 1.81 bits per heavy atom. The van der Waals surface area contributed by atoms with Crippen molar-refractivity contribution in [3.05, 3.63) is 52.1 Å². The van der Waals surface area contributed by atoms with E-state index in [1.54, 1.807) is 0 Å². The van der Waals surface area contributed by atoms with Gasteiger partial charge in [-0.3, -0.25) is 10.1 Å². The van der Waals surface area contributed by atoms with Crippen LogP contribution in [0.15, 0.2) is 36.4 Å². The lowest BCUT2D eigenvalue weighted by atomic mass is 10.2. The van der Waals surface area contributed by atoms with Gasteiger partial charge in [-0.15, -0.1) is 0 Å². The van der Waals surface area contributed by atoms with Crippen molar-refractivity contribution < 1.29 is 22.8 Å². The van der Waals surface area contributed by atoms with Crippen molar-refractivity contribution in [2.45, 2.75) is 6.18 Å². The van der Waals surface area contributed by atoms with Crippen molar-refractivity contribution in [3.8, 4) is 11.6 Å². The Balaban J connectivity index is 2.24. The zero-order chi connectivity index (χ0) is 15.6. The molecule has 0 saturated heterocycles. The minimum atomic E-state index is -4.45. The number of alkyl halides is 3. The number of nitrogens with two attached hydrogens (primary N) is 1. The van der Waals surface area contributed by atoms with Crippen LogP contribution in [-0.4, -0.2) is 9.91 Å². The molecular formula is C12H8F3N3O3. The number of halogens is 3. The SMILES string of the molecule is Nc1cc([N+](=O)[O-])cc(Oc2ccc(C(F)(F)F)cc2)n1. The number of nitro groups is 1. The molecule has 110 valence electrons. The van der Waals surface area contributed by atoms with Crippen LogP contribution in [0.3, 0.4) is 0 Å². The molecule has 0 radical (unpaired) electrons. The molecule has 0 aliphatic carbocycles. The summed E-state index contributed by atoms with van der Waals surface area (Å²) in [5, 5.41) is 10.7. The van der Waals surface area contributed by atoms with Crippen molar-refractivity contribution in [1.29, 1.82) is 0 Å². The summed E-state index contributed by atoms with van der Waals surface area (Å²) >= 11 is 0. The second-order valence-electron chi connectivity index (χ2n) is 3.97. The van der Waals surface area contributed by atoms with E-state index >= 15 is 0 Å². The summed E-state index contributed by atoms with van der Waals surface area (Å²) < 4.78 is 42.3. The first kappa shape index (κ1) is 14.6. The summed E-state index contributed by atoms with van der Waals surface area (Å²) in [5.74, 6) is -0.261. The highest BCUT2D eigenvalue weighted by Crippen LogP contribution is 2.31. The third kappa shape index (κ3) is 3.59. The molecule has 1 aromatic heterocycles. The molecular weight excluding hydrogens is 291 g/mol. The van der Waals surface area contributed by atoms with Crippen LogP contribution in [0.2, 0.25) is 0 Å². The van der Waals surface area contributed by atoms with Crippen LogP contribution >= 0.6 is 0 Å². The van der Waals surface area contributed by atoms with Crippen LogP contribution < -0.4 is 10.5 Å². The van der Waals surface area contributed by atoms with E-state index in [4.69, 9.17) is 10.5 Å². The van der Waals surface area contributed by atoms with E-state index in [-0.39, 0.29) is 23.1 Å². The number of rotatable bonds is 3. The Bertz CT molecular complexity index is 672. The van der Waals surface area contributed by atoms with Crippen molar-refractivity contribution in [1.82, 2.24) is 4.98 Å². The number of benzene rings is 1. The second kappa shape index (κ2) is 5.27. The van der Waals surface area contributed by atoms with Crippen LogP contribution in [-0.2, 0) is 6.18 Å². The Hall–Kier alpha value is -2.84. The fourth-order valence-electron chi connectivity index (χ4n) is 1.50. The van der Waals surface area contributed by atoms with Gasteiger partial charge >= 0.3 is 6.18 Å². The summed E-state index contributed by atoms with van der Waals surface area (Å²) in [4.78, 5) is 13.7. The van der Waals surface area contributed by atoms with E-state index in [0.29, 0.717) is 0 Å². The molecule has 2 rings (SSSR count). The monoisotopic (exact) mass is 299 g/mol. The Labute approximate surface area is 116 Å². The third-order valence-electron chi connectivity index (χ3n) is 2.42. The molecule has 0 aliphatic heterocycles. The highest BCUT2D eigenvalue weighted by atomic mass is 19.4. The van der Waals surface area contributed by atoms with Gasteiger partial charge in [-0.25, -0.2) is 0 Å². The number of nitrogens with zero attached hydrogens (tertiary/aromatic N) is 2. The molecule has 0 bridgehead atoms. The van der Waals surface area contributed by atoms with Crippen molar-refractivity contribution in [2.24, 2.45) is 0 Å². The maximum atomic E-state index is 12.4. The lowest BCUT2D eigenvalue weighted by molar-refractivity contribution is -0.384. The molecule has 0 spiro atoms. The van der Waals surface area contributed by atoms with Crippen molar-refractivity contribution >= 4 is 11.5 Å². The molecule has 9 heteroatoms. The summed E-state index contributed by atoms with van der Waals surface area (Å²) in [6.07, 6.45) is -4.45. The van der Waals surface area contributed by atoms with E-state index in [1.165, 1.54) is 0 Å². The molecule has 0 saturated carbocycles. The number of hydrogen-bond acceptors (Lipinski definition) is 5. The van der Waals surface area contributed by atoms with Crippen LogP contribution in [0.4, 0.5) is 24.7 Å². The van der Waals surface area contributed by atoms with Crippen LogP contribution in [0.5, 0.6) is 11.6 Å². The van der Waals surface area contributed by atoms with Gasteiger partial charge in [-0.1, -0.05) is 0 Å². The molecule has 0 fully saturated rings. The van der Waals surface area contributed by atoms with Crippen LogP contribution in [0.1, 0.15) is 5.56 Å². The molecule has 2 aromatic rings. The van der Waals surface area contributed by atoms with Crippen LogP contribution in [0, 0.1) is 10.1 Å². The standard InChI is InChI=1S/C12H8F3N3O3/c13-12(14,15)7-1-3-9(4-2-7)21-11-6-8(18(19)20)5-10(16)17-11/h1-6H,(H2,16,17). The molecule has 21 heavy (non-hydrogen) atoms. The number of pyridine rings is 1. The number of aromatic nitrogens is 1. The summed E-state index contributed by atoms with van der Waals surface area (Å²) in [6.45, 7) is 0. The zero-order valence-electron chi connectivity index (χ0n) is 10.3. The Morgan fingerprint density at radius 1 is 1.19 bits per heavy atom. The lowest BCUT2D eigenvalue weighted by Gasteiger charge is -2.08. The van der Waals surface area contributed by atoms with Gasteiger partial charge in [0, 0.05) is 0 Å². The molecule has 2 N–H and O–H groups in total. The maximum absolute atomic E-state index is 12.4. The van der Waals surface area contributed by atoms with Crippen molar-refractivity contribution in [3.63, 3.8) is 0 Å². The molecule has 0 atom stereocenters. The topological polar surface area (TPSA) is 91.3 Å². The van der Waals surface area contributed by atoms with E-state index in [9.17, 15) is 23.3 Å². The average Bonchev–Trinajstić information content (AvgIpc) is 2.37. The minimum Gasteiger partial charge on any atom is -0.439 e. The average molecular weight is 299 g/mol. The van der Waals surface area contributed by atoms with E-state index in [2.05, 4.69) is 4.98 Å². The predicted molar refractivity (Wildman–Crippen MR) is 66.8 cm³/mol. The lowest BCUT2D eigenvalue weighted by Crippen LogP contribution is -2.04. The second-order valence-corrected chi connectivity index (χ2v) is 3.97. The summed E-state index contributed by atoms with van der Waals surface area (Å²) in [7, 11) is 0. The Kier molecular flexibility index (Phi) is 3.66. The van der Waals surface area contributed by atoms with E-state index < -0.39 is 16.7 Å². The molecule has 1 aromatic carbocycles. The van der Waals surface area contributed by atoms with Gasteiger partial charge in [0.15, 0.2) is 0 Å². The highest BCUT2D eigenvalue weighted by molar-refractivity contribution is 5.46. The van der Waals surface area contributed by atoms with Gasteiger partial charge in [0.05, 0.1) is 22.6 Å². The summed E-state index contributed by atoms with van der Waals surface area (Å²) in [5.41, 5.74) is 4.23. The number of hydrogen-bond donors (Lipinski definition) is 1. The number of nitrogen functional groups attached to an aromatic ring is 1. The zero-order valence-corrected chi connectivity index (χ0v) is 10.3. The van der Waals surface area contributed by atoms with Gasteiger partial charge in [0.2, 0.25) is 5.88 Å². The molecule has 0 amide bonds. The molecule has 6 nitrogen and oxygen atoms in total. The highest BCUT2D eigenvalue weighted by Gasteiger charge is 2.30. The van der Waals surface area contributed by atoms with Gasteiger partial charge in [-0.05, 0) is 24.3 Å².